The highest BCUT2D eigenvalue weighted by Crippen LogP contribution is 2.39. The number of urea groups is 1. The van der Waals surface area contributed by atoms with Crippen molar-refractivity contribution in [3.8, 4) is 0 Å². The van der Waals surface area contributed by atoms with Gasteiger partial charge in [0.25, 0.3) is 0 Å². The summed E-state index contributed by atoms with van der Waals surface area (Å²) in [5.41, 5.74) is -1.19. The van der Waals surface area contributed by atoms with Crippen molar-refractivity contribution in [2.45, 2.75) is 25.3 Å². The van der Waals surface area contributed by atoms with Gasteiger partial charge in [-0.15, -0.1) is 6.58 Å². The number of nitrogens with one attached hydrogen (secondary N) is 1. The molecule has 1 fully saturated rings. The lowest BCUT2D eigenvalue weighted by molar-refractivity contribution is -0.144. The fraction of sp³-hybridized carbons (Fsp3) is 0.692. The molecule has 0 aromatic heterocycles. The molecule has 1 atom stereocenters. The van der Waals surface area contributed by atoms with Gasteiger partial charge in [-0.2, -0.15) is 0 Å². The quantitative estimate of drug-likeness (QED) is 0.647. The van der Waals surface area contributed by atoms with E-state index in [-0.39, 0.29) is 5.92 Å². The van der Waals surface area contributed by atoms with Gasteiger partial charge in [-0.25, -0.2) is 9.59 Å². The lowest BCUT2D eigenvalue weighted by Crippen LogP contribution is -2.57. The van der Waals surface area contributed by atoms with Crippen molar-refractivity contribution in [2.24, 2.45) is 5.92 Å². The Morgan fingerprint density at radius 3 is 2.63 bits per heavy atom. The summed E-state index contributed by atoms with van der Waals surface area (Å²) in [6.07, 6.45) is 3.27. The molecule has 19 heavy (non-hydrogen) atoms. The Morgan fingerprint density at radius 2 is 2.21 bits per heavy atom. The molecule has 0 aromatic carbocycles. The van der Waals surface area contributed by atoms with Crippen LogP contribution >= 0.6 is 0 Å². The van der Waals surface area contributed by atoms with Crippen LogP contribution < -0.4 is 5.32 Å². The van der Waals surface area contributed by atoms with Crippen LogP contribution in [0.1, 0.15) is 19.8 Å². The minimum Gasteiger partial charge on any atom is -0.480 e. The van der Waals surface area contributed by atoms with Gasteiger partial charge in [-0.3, -0.25) is 0 Å². The second kappa shape index (κ2) is 6.56. The van der Waals surface area contributed by atoms with Crippen molar-refractivity contribution in [1.29, 1.82) is 0 Å². The van der Waals surface area contributed by atoms with Crippen LogP contribution in [0.2, 0.25) is 0 Å². The first-order chi connectivity index (χ1) is 8.95. The largest absolute Gasteiger partial charge is 0.480 e. The van der Waals surface area contributed by atoms with Gasteiger partial charge in [0.15, 0.2) is 0 Å². The van der Waals surface area contributed by atoms with Crippen LogP contribution in [0.15, 0.2) is 12.7 Å². The fourth-order valence-electron chi connectivity index (χ4n) is 1.93. The number of carboxylic acids is 1. The van der Waals surface area contributed by atoms with Crippen molar-refractivity contribution >= 4 is 12.0 Å². The van der Waals surface area contributed by atoms with E-state index >= 15 is 0 Å². The van der Waals surface area contributed by atoms with Gasteiger partial charge in [-0.1, -0.05) is 6.08 Å². The molecule has 6 heteroatoms. The molecule has 2 amide bonds. The van der Waals surface area contributed by atoms with Gasteiger partial charge in [0.05, 0.1) is 6.61 Å². The Bertz CT molecular complexity index is 355. The maximum absolute atomic E-state index is 12.1. The van der Waals surface area contributed by atoms with E-state index < -0.39 is 17.5 Å². The number of carbonyl (C=O) groups is 2. The second-order valence-electron chi connectivity index (χ2n) is 4.94. The predicted octanol–water partition coefficient (Wildman–Crippen LogP) is 1.08. The lowest BCUT2D eigenvalue weighted by atomic mass is 9.96. The number of ether oxygens (including phenoxy) is 1. The molecular formula is C13H22N2O4. The summed E-state index contributed by atoms with van der Waals surface area (Å²) in [4.78, 5) is 25.0. The van der Waals surface area contributed by atoms with E-state index in [2.05, 4.69) is 11.9 Å². The molecule has 0 bridgehead atoms. The predicted molar refractivity (Wildman–Crippen MR) is 70.9 cm³/mol. The molecule has 0 aliphatic heterocycles. The van der Waals surface area contributed by atoms with E-state index in [9.17, 15) is 14.7 Å². The van der Waals surface area contributed by atoms with E-state index in [4.69, 9.17) is 4.74 Å². The third kappa shape index (κ3) is 3.96. The van der Waals surface area contributed by atoms with Crippen LogP contribution in [0, 0.1) is 5.92 Å². The van der Waals surface area contributed by atoms with E-state index in [1.54, 1.807) is 20.1 Å². The Morgan fingerprint density at radius 1 is 1.58 bits per heavy atom. The summed E-state index contributed by atoms with van der Waals surface area (Å²) >= 11 is 0. The minimum absolute atomic E-state index is 0.0157. The standard InChI is InChI=1S/C13H22N2O4/c1-4-7-15(8-9-19-3)12(18)14-13(2,11(16)17)10-5-6-10/h4,10H,1,5-9H2,2-3H3,(H,14,18)(H,16,17). The molecule has 2 N–H and O–H groups in total. The Labute approximate surface area is 113 Å². The highest BCUT2D eigenvalue weighted by molar-refractivity contribution is 5.86. The summed E-state index contributed by atoms with van der Waals surface area (Å²) in [6, 6.07) is -0.395. The first-order valence-electron chi connectivity index (χ1n) is 6.36. The zero-order valence-electron chi connectivity index (χ0n) is 11.5. The fourth-order valence-corrected chi connectivity index (χ4v) is 1.93. The molecule has 0 radical (unpaired) electrons. The van der Waals surface area contributed by atoms with Crippen LogP contribution in [0.4, 0.5) is 4.79 Å². The van der Waals surface area contributed by atoms with Gasteiger partial charge in [0, 0.05) is 20.2 Å². The van der Waals surface area contributed by atoms with Crippen molar-refractivity contribution in [3.63, 3.8) is 0 Å². The number of rotatable bonds is 8. The van der Waals surface area contributed by atoms with Gasteiger partial charge in [0.1, 0.15) is 5.54 Å². The Balaban J connectivity index is 2.67. The molecule has 1 rings (SSSR count). The zero-order valence-corrected chi connectivity index (χ0v) is 11.5. The minimum atomic E-state index is -1.19. The van der Waals surface area contributed by atoms with Crippen molar-refractivity contribution in [3.05, 3.63) is 12.7 Å². The van der Waals surface area contributed by atoms with Gasteiger partial charge in [0.2, 0.25) is 0 Å². The Hall–Kier alpha value is -1.56. The van der Waals surface area contributed by atoms with Gasteiger partial charge in [-0.05, 0) is 25.7 Å². The SMILES string of the molecule is C=CCN(CCOC)C(=O)NC(C)(C(=O)O)C1CC1. The summed E-state index contributed by atoms with van der Waals surface area (Å²) < 4.78 is 4.93. The third-order valence-electron chi connectivity index (χ3n) is 3.41. The van der Waals surface area contributed by atoms with Crippen molar-refractivity contribution < 1.29 is 19.4 Å². The molecule has 108 valence electrons. The lowest BCUT2D eigenvalue weighted by Gasteiger charge is -2.30. The van der Waals surface area contributed by atoms with Gasteiger partial charge >= 0.3 is 12.0 Å². The van der Waals surface area contributed by atoms with Crippen LogP contribution in [-0.2, 0) is 9.53 Å². The summed E-state index contributed by atoms with van der Waals surface area (Å²) in [7, 11) is 1.55. The van der Waals surface area contributed by atoms with Crippen molar-refractivity contribution in [1.82, 2.24) is 10.2 Å². The van der Waals surface area contributed by atoms with Crippen LogP contribution in [0.25, 0.3) is 0 Å². The first kappa shape index (κ1) is 15.5. The smallest absolute Gasteiger partial charge is 0.329 e. The molecular weight excluding hydrogens is 248 g/mol. The van der Waals surface area contributed by atoms with Gasteiger partial charge < -0.3 is 20.1 Å². The van der Waals surface area contributed by atoms with Crippen LogP contribution in [0.5, 0.6) is 0 Å². The molecule has 1 saturated carbocycles. The normalized spacial score (nSPS) is 17.4. The maximum atomic E-state index is 12.1. The van der Waals surface area contributed by atoms with Crippen molar-refractivity contribution in [2.75, 3.05) is 26.8 Å². The van der Waals surface area contributed by atoms with E-state index in [1.165, 1.54) is 4.90 Å². The number of carbonyl (C=O) groups excluding carboxylic acids is 1. The average Bonchev–Trinajstić information content (AvgIpc) is 3.18. The number of aliphatic carboxylic acids is 1. The summed E-state index contributed by atoms with van der Waals surface area (Å²) in [5.74, 6) is -0.976. The number of nitrogens with zero attached hydrogens (tertiary/aromatic N) is 1. The number of methoxy groups -OCH3 is 1. The monoisotopic (exact) mass is 270 g/mol. The van der Waals surface area contributed by atoms with E-state index in [0.29, 0.717) is 19.7 Å². The second-order valence-corrected chi connectivity index (χ2v) is 4.94. The molecule has 1 aliphatic carbocycles. The Kier molecular flexibility index (Phi) is 5.35. The topological polar surface area (TPSA) is 78.9 Å². The number of carboxylic acid groups (broad SMARTS) is 1. The molecule has 1 unspecified atom stereocenters. The molecule has 0 heterocycles. The molecule has 0 spiro atoms. The zero-order chi connectivity index (χ0) is 14.5. The molecule has 0 aromatic rings. The molecule has 0 saturated heterocycles. The van der Waals surface area contributed by atoms with E-state index in [1.807, 2.05) is 0 Å². The molecule has 1 aliphatic rings. The number of hydrogen-bond acceptors (Lipinski definition) is 3. The van der Waals surface area contributed by atoms with Crippen LogP contribution in [-0.4, -0.2) is 54.4 Å². The summed E-state index contributed by atoms with van der Waals surface area (Å²) in [5, 5.41) is 11.9. The van der Waals surface area contributed by atoms with Crippen LogP contribution in [0.3, 0.4) is 0 Å². The number of amides is 2. The number of hydrogen-bond donors (Lipinski definition) is 2. The summed E-state index contributed by atoms with van der Waals surface area (Å²) in [6.45, 7) is 6.31. The maximum Gasteiger partial charge on any atom is 0.329 e. The highest BCUT2D eigenvalue weighted by atomic mass is 16.5. The average molecular weight is 270 g/mol. The van der Waals surface area contributed by atoms with E-state index in [0.717, 1.165) is 12.8 Å². The molecule has 6 nitrogen and oxygen atoms in total. The third-order valence-corrected chi connectivity index (χ3v) is 3.41. The highest BCUT2D eigenvalue weighted by Gasteiger charge is 2.49. The first-order valence-corrected chi connectivity index (χ1v) is 6.36.